The standard InChI is InChI=1S/C19H19N3O3S/c20-13-15-6-4-7-16(12-15)19(23)22-11-5-10-18(14-22)26(24,25)21-17-8-2-1-3-9-17/h1-4,6-9,12,18,21H,5,10-11,14H2/t18-/m0/s1. The Morgan fingerprint density at radius 2 is 1.92 bits per heavy atom. The van der Waals surface area contributed by atoms with Crippen molar-refractivity contribution in [3.8, 4) is 6.07 Å². The van der Waals surface area contributed by atoms with Gasteiger partial charge in [-0.25, -0.2) is 8.42 Å². The number of piperidine rings is 1. The lowest BCUT2D eigenvalue weighted by atomic mass is 10.1. The number of para-hydroxylation sites is 1. The van der Waals surface area contributed by atoms with Gasteiger partial charge in [-0.3, -0.25) is 9.52 Å². The summed E-state index contributed by atoms with van der Waals surface area (Å²) in [6.07, 6.45) is 1.12. The van der Waals surface area contributed by atoms with E-state index in [0.29, 0.717) is 36.2 Å². The number of nitrogens with zero attached hydrogens (tertiary/aromatic N) is 2. The molecule has 1 atom stereocenters. The maximum atomic E-state index is 12.7. The highest BCUT2D eigenvalue weighted by molar-refractivity contribution is 7.93. The summed E-state index contributed by atoms with van der Waals surface area (Å²) in [6, 6.07) is 17.2. The van der Waals surface area contributed by atoms with Crippen molar-refractivity contribution in [2.75, 3.05) is 17.8 Å². The summed E-state index contributed by atoms with van der Waals surface area (Å²) in [5.41, 5.74) is 1.32. The number of sulfonamides is 1. The Bertz CT molecular complexity index is 936. The van der Waals surface area contributed by atoms with Crippen LogP contribution in [-0.4, -0.2) is 37.6 Å². The predicted octanol–water partition coefficient (Wildman–Crippen LogP) is 2.60. The zero-order valence-corrected chi connectivity index (χ0v) is 14.9. The normalized spacial score (nSPS) is 17.3. The van der Waals surface area contributed by atoms with E-state index in [1.54, 1.807) is 47.4 Å². The number of carbonyl (C=O) groups excluding carboxylic acids is 1. The number of carbonyl (C=O) groups is 1. The summed E-state index contributed by atoms with van der Waals surface area (Å²) in [4.78, 5) is 14.3. The highest BCUT2D eigenvalue weighted by atomic mass is 32.2. The zero-order chi connectivity index (χ0) is 18.6. The third-order valence-corrected chi connectivity index (χ3v) is 6.16. The van der Waals surface area contributed by atoms with Gasteiger partial charge in [0.05, 0.1) is 16.9 Å². The minimum atomic E-state index is -3.59. The minimum Gasteiger partial charge on any atom is -0.337 e. The Morgan fingerprint density at radius 3 is 2.65 bits per heavy atom. The molecule has 0 spiro atoms. The van der Waals surface area contributed by atoms with Crippen molar-refractivity contribution in [3.63, 3.8) is 0 Å². The topological polar surface area (TPSA) is 90.3 Å². The average molecular weight is 369 g/mol. The molecule has 1 aliphatic heterocycles. The number of benzene rings is 2. The van der Waals surface area contributed by atoms with Crippen molar-refractivity contribution in [2.24, 2.45) is 0 Å². The Balaban J connectivity index is 1.74. The maximum Gasteiger partial charge on any atom is 0.253 e. The Hall–Kier alpha value is -2.85. The first-order chi connectivity index (χ1) is 12.5. The van der Waals surface area contributed by atoms with E-state index in [1.807, 2.05) is 12.1 Å². The lowest BCUT2D eigenvalue weighted by Gasteiger charge is -2.32. The second kappa shape index (κ2) is 7.58. The van der Waals surface area contributed by atoms with Crippen molar-refractivity contribution in [3.05, 3.63) is 65.7 Å². The van der Waals surface area contributed by atoms with Crippen LogP contribution in [0.2, 0.25) is 0 Å². The second-order valence-corrected chi connectivity index (χ2v) is 8.18. The number of likely N-dealkylation sites (tertiary alicyclic amines) is 1. The fraction of sp³-hybridized carbons (Fsp3) is 0.263. The van der Waals surface area contributed by atoms with E-state index in [-0.39, 0.29) is 12.5 Å². The molecular weight excluding hydrogens is 350 g/mol. The van der Waals surface area contributed by atoms with E-state index in [4.69, 9.17) is 5.26 Å². The predicted molar refractivity (Wildman–Crippen MR) is 99.1 cm³/mol. The van der Waals surface area contributed by atoms with Gasteiger partial charge in [-0.1, -0.05) is 24.3 Å². The van der Waals surface area contributed by atoms with E-state index in [1.165, 1.54) is 6.07 Å². The first-order valence-electron chi connectivity index (χ1n) is 8.36. The molecule has 0 unspecified atom stereocenters. The first kappa shape index (κ1) is 18.0. The van der Waals surface area contributed by atoms with Crippen LogP contribution in [0.25, 0.3) is 0 Å². The van der Waals surface area contributed by atoms with Crippen LogP contribution in [0.4, 0.5) is 5.69 Å². The number of hydrogen-bond acceptors (Lipinski definition) is 4. The smallest absolute Gasteiger partial charge is 0.253 e. The monoisotopic (exact) mass is 369 g/mol. The van der Waals surface area contributed by atoms with Crippen molar-refractivity contribution in [2.45, 2.75) is 18.1 Å². The molecule has 0 saturated carbocycles. The average Bonchev–Trinajstić information content (AvgIpc) is 2.68. The highest BCUT2D eigenvalue weighted by Gasteiger charge is 2.33. The summed E-state index contributed by atoms with van der Waals surface area (Å²) < 4.78 is 27.9. The summed E-state index contributed by atoms with van der Waals surface area (Å²) in [7, 11) is -3.59. The molecule has 7 heteroatoms. The van der Waals surface area contributed by atoms with Crippen LogP contribution < -0.4 is 4.72 Å². The van der Waals surface area contributed by atoms with Crippen LogP contribution in [0.1, 0.15) is 28.8 Å². The molecule has 3 rings (SSSR count). The van der Waals surface area contributed by atoms with E-state index < -0.39 is 15.3 Å². The van der Waals surface area contributed by atoms with Crippen LogP contribution in [0.5, 0.6) is 0 Å². The molecule has 0 radical (unpaired) electrons. The number of amides is 1. The molecule has 134 valence electrons. The minimum absolute atomic E-state index is 0.137. The van der Waals surface area contributed by atoms with E-state index in [2.05, 4.69) is 4.72 Å². The molecule has 0 bridgehead atoms. The maximum absolute atomic E-state index is 12.7. The summed E-state index contributed by atoms with van der Waals surface area (Å²) >= 11 is 0. The van der Waals surface area contributed by atoms with Gasteiger partial charge in [-0.15, -0.1) is 0 Å². The number of hydrogen-bond donors (Lipinski definition) is 1. The fourth-order valence-corrected chi connectivity index (χ4v) is 4.52. The van der Waals surface area contributed by atoms with Crippen molar-refractivity contribution in [1.82, 2.24) is 4.90 Å². The third kappa shape index (κ3) is 4.03. The van der Waals surface area contributed by atoms with Gasteiger partial charge in [-0.2, -0.15) is 5.26 Å². The van der Waals surface area contributed by atoms with Gasteiger partial charge in [0, 0.05) is 24.3 Å². The quantitative estimate of drug-likeness (QED) is 0.897. The van der Waals surface area contributed by atoms with Gasteiger partial charge in [0.25, 0.3) is 5.91 Å². The van der Waals surface area contributed by atoms with Crippen molar-refractivity contribution >= 4 is 21.6 Å². The molecule has 6 nitrogen and oxygen atoms in total. The van der Waals surface area contributed by atoms with Gasteiger partial charge in [0.1, 0.15) is 0 Å². The van der Waals surface area contributed by atoms with Crippen molar-refractivity contribution in [1.29, 1.82) is 5.26 Å². The van der Waals surface area contributed by atoms with Gasteiger partial charge in [-0.05, 0) is 43.2 Å². The number of nitriles is 1. The van der Waals surface area contributed by atoms with Crippen molar-refractivity contribution < 1.29 is 13.2 Å². The SMILES string of the molecule is N#Cc1cccc(C(=O)N2CCC[C@H](S(=O)(=O)Nc3ccccc3)C2)c1. The highest BCUT2D eigenvalue weighted by Crippen LogP contribution is 2.21. The van der Waals surface area contributed by atoms with E-state index in [9.17, 15) is 13.2 Å². The molecule has 1 fully saturated rings. The molecule has 1 N–H and O–H groups in total. The van der Waals surface area contributed by atoms with Crippen LogP contribution in [0.15, 0.2) is 54.6 Å². The van der Waals surface area contributed by atoms with Crippen LogP contribution >= 0.6 is 0 Å². The molecule has 1 aliphatic rings. The van der Waals surface area contributed by atoms with Gasteiger partial charge in [0.15, 0.2) is 0 Å². The molecule has 2 aromatic carbocycles. The fourth-order valence-electron chi connectivity index (χ4n) is 3.03. The Labute approximate surface area is 153 Å². The third-order valence-electron chi connectivity index (χ3n) is 4.38. The second-order valence-electron chi connectivity index (χ2n) is 6.22. The molecule has 2 aromatic rings. The van der Waals surface area contributed by atoms with E-state index >= 15 is 0 Å². The molecule has 0 aromatic heterocycles. The van der Waals surface area contributed by atoms with E-state index in [0.717, 1.165) is 0 Å². The summed E-state index contributed by atoms with van der Waals surface area (Å²) in [5.74, 6) is -0.248. The lowest BCUT2D eigenvalue weighted by Crippen LogP contribution is -2.46. The molecular formula is C19H19N3O3S. The largest absolute Gasteiger partial charge is 0.337 e. The molecule has 1 saturated heterocycles. The van der Waals surface area contributed by atoms with Crippen LogP contribution in [-0.2, 0) is 10.0 Å². The number of anilines is 1. The van der Waals surface area contributed by atoms with Gasteiger partial charge in [0.2, 0.25) is 10.0 Å². The Kier molecular flexibility index (Phi) is 5.24. The molecule has 1 amide bonds. The Morgan fingerprint density at radius 1 is 1.15 bits per heavy atom. The molecule has 0 aliphatic carbocycles. The lowest BCUT2D eigenvalue weighted by molar-refractivity contribution is 0.0727. The number of nitrogens with one attached hydrogen (secondary N) is 1. The zero-order valence-electron chi connectivity index (χ0n) is 14.1. The molecule has 26 heavy (non-hydrogen) atoms. The van der Waals surface area contributed by atoms with Gasteiger partial charge < -0.3 is 4.90 Å². The number of rotatable bonds is 4. The van der Waals surface area contributed by atoms with Crippen LogP contribution in [0, 0.1) is 11.3 Å². The summed E-state index contributed by atoms with van der Waals surface area (Å²) in [5, 5.41) is 8.31. The first-order valence-corrected chi connectivity index (χ1v) is 9.90. The van der Waals surface area contributed by atoms with Crippen LogP contribution in [0.3, 0.4) is 0 Å². The molecule has 1 heterocycles. The summed E-state index contributed by atoms with van der Waals surface area (Å²) in [6.45, 7) is 0.644. The van der Waals surface area contributed by atoms with Gasteiger partial charge >= 0.3 is 0 Å².